The highest BCUT2D eigenvalue weighted by atomic mass is 19.3. The van der Waals surface area contributed by atoms with Crippen LogP contribution in [0.2, 0.25) is 0 Å². The highest BCUT2D eigenvalue weighted by Gasteiger charge is 2.43. The van der Waals surface area contributed by atoms with Gasteiger partial charge in [0, 0.05) is 12.1 Å². The zero-order valence-electron chi connectivity index (χ0n) is 10.0. The van der Waals surface area contributed by atoms with E-state index in [9.17, 15) is 8.78 Å². The standard InChI is InChI=1S/C12H11F2N3O2/c1-7(15)9-5-16-6-17(9)8-2-3-10-11(4-8)19-12(13,14)18-10/h2-7H,15H2,1H3/t7-/m0/s1. The first-order chi connectivity index (χ1) is 8.96. The van der Waals surface area contributed by atoms with Gasteiger partial charge in [-0.3, -0.25) is 0 Å². The molecule has 0 saturated heterocycles. The van der Waals surface area contributed by atoms with Crippen molar-refractivity contribution in [2.24, 2.45) is 5.73 Å². The lowest BCUT2D eigenvalue weighted by atomic mass is 10.2. The van der Waals surface area contributed by atoms with Crippen molar-refractivity contribution in [1.82, 2.24) is 9.55 Å². The number of benzene rings is 1. The average Bonchev–Trinajstić information content (AvgIpc) is 2.89. The molecule has 3 rings (SSSR count). The summed E-state index contributed by atoms with van der Waals surface area (Å²) in [6, 6.07) is 4.30. The van der Waals surface area contributed by atoms with Crippen LogP contribution >= 0.6 is 0 Å². The number of nitrogens with zero attached hydrogens (tertiary/aromatic N) is 2. The fraction of sp³-hybridized carbons (Fsp3) is 0.250. The minimum absolute atomic E-state index is 0.00757. The predicted octanol–water partition coefficient (Wildman–Crippen LogP) is 2.21. The molecule has 5 nitrogen and oxygen atoms in total. The molecular formula is C12H11F2N3O2. The third-order valence-electron chi connectivity index (χ3n) is 2.80. The first-order valence-corrected chi connectivity index (χ1v) is 5.64. The number of imidazole rings is 1. The van der Waals surface area contributed by atoms with E-state index in [1.165, 1.54) is 12.1 Å². The second kappa shape index (κ2) is 3.92. The van der Waals surface area contributed by atoms with Crippen LogP contribution in [-0.4, -0.2) is 15.8 Å². The van der Waals surface area contributed by atoms with Crippen LogP contribution in [0, 0.1) is 0 Å². The van der Waals surface area contributed by atoms with Gasteiger partial charge in [0.25, 0.3) is 0 Å². The molecule has 2 heterocycles. The normalized spacial score (nSPS) is 17.5. The molecule has 0 bridgehead atoms. The Morgan fingerprint density at radius 1 is 1.32 bits per heavy atom. The summed E-state index contributed by atoms with van der Waals surface area (Å²) in [7, 11) is 0. The molecule has 1 aliphatic rings. The Bertz CT molecular complexity index is 625. The maximum atomic E-state index is 12.9. The van der Waals surface area contributed by atoms with Gasteiger partial charge >= 0.3 is 6.29 Å². The predicted molar refractivity (Wildman–Crippen MR) is 62.4 cm³/mol. The van der Waals surface area contributed by atoms with Crippen LogP contribution in [0.1, 0.15) is 18.7 Å². The lowest BCUT2D eigenvalue weighted by molar-refractivity contribution is -0.286. The second-order valence-corrected chi connectivity index (χ2v) is 4.28. The Kier molecular flexibility index (Phi) is 2.46. The smallest absolute Gasteiger partial charge is 0.395 e. The molecule has 100 valence electrons. The molecule has 1 atom stereocenters. The molecule has 0 radical (unpaired) electrons. The van der Waals surface area contributed by atoms with Gasteiger partial charge < -0.3 is 19.8 Å². The molecule has 0 aliphatic carbocycles. The summed E-state index contributed by atoms with van der Waals surface area (Å²) in [4.78, 5) is 4.00. The van der Waals surface area contributed by atoms with Gasteiger partial charge in [0.1, 0.15) is 0 Å². The van der Waals surface area contributed by atoms with Crippen molar-refractivity contribution < 1.29 is 18.3 Å². The van der Waals surface area contributed by atoms with Crippen LogP contribution in [-0.2, 0) is 0 Å². The summed E-state index contributed by atoms with van der Waals surface area (Å²) in [6.45, 7) is 1.81. The number of rotatable bonds is 2. The molecule has 1 aromatic carbocycles. The van der Waals surface area contributed by atoms with Crippen molar-refractivity contribution in [3.8, 4) is 17.2 Å². The number of hydrogen-bond acceptors (Lipinski definition) is 4. The van der Waals surface area contributed by atoms with Gasteiger partial charge in [-0.15, -0.1) is 8.78 Å². The first-order valence-electron chi connectivity index (χ1n) is 5.64. The molecule has 7 heteroatoms. The van der Waals surface area contributed by atoms with Crippen LogP contribution in [0.3, 0.4) is 0 Å². The SMILES string of the molecule is C[C@H](N)c1cncn1-c1ccc2c(c1)OC(F)(F)O2. The van der Waals surface area contributed by atoms with Gasteiger partial charge in [-0.2, -0.15) is 0 Å². The minimum atomic E-state index is -3.61. The third-order valence-corrected chi connectivity index (χ3v) is 2.80. The van der Waals surface area contributed by atoms with E-state index in [1.54, 1.807) is 23.2 Å². The van der Waals surface area contributed by atoms with E-state index in [2.05, 4.69) is 14.5 Å². The van der Waals surface area contributed by atoms with E-state index in [-0.39, 0.29) is 17.5 Å². The Labute approximate surface area is 107 Å². The summed E-state index contributed by atoms with van der Waals surface area (Å²) < 4.78 is 36.3. The van der Waals surface area contributed by atoms with E-state index in [0.29, 0.717) is 5.69 Å². The molecule has 1 aromatic heterocycles. The van der Waals surface area contributed by atoms with Gasteiger partial charge in [-0.25, -0.2) is 4.98 Å². The van der Waals surface area contributed by atoms with Crippen LogP contribution in [0.25, 0.3) is 5.69 Å². The maximum Gasteiger partial charge on any atom is 0.586 e. The molecule has 0 fully saturated rings. The first kappa shape index (κ1) is 11.9. The molecule has 0 saturated carbocycles. The van der Waals surface area contributed by atoms with Crippen LogP contribution in [0.4, 0.5) is 8.78 Å². The number of alkyl halides is 2. The summed E-state index contributed by atoms with van der Waals surface area (Å²) in [6.07, 6.45) is -0.419. The number of aromatic nitrogens is 2. The zero-order valence-corrected chi connectivity index (χ0v) is 10.0. The number of fused-ring (bicyclic) bond motifs is 1. The average molecular weight is 267 g/mol. The van der Waals surface area contributed by atoms with Crippen LogP contribution in [0.15, 0.2) is 30.7 Å². The van der Waals surface area contributed by atoms with Crippen LogP contribution in [0.5, 0.6) is 11.5 Å². The topological polar surface area (TPSA) is 62.3 Å². The molecule has 2 N–H and O–H groups in total. The van der Waals surface area contributed by atoms with Gasteiger partial charge in [0.05, 0.1) is 23.9 Å². The van der Waals surface area contributed by atoms with Crippen molar-refractivity contribution in [1.29, 1.82) is 0 Å². The second-order valence-electron chi connectivity index (χ2n) is 4.28. The van der Waals surface area contributed by atoms with Crippen molar-refractivity contribution >= 4 is 0 Å². The Morgan fingerprint density at radius 2 is 2.05 bits per heavy atom. The number of ether oxygens (including phenoxy) is 2. The van der Waals surface area contributed by atoms with Gasteiger partial charge in [0.15, 0.2) is 11.5 Å². The van der Waals surface area contributed by atoms with Gasteiger partial charge in [-0.05, 0) is 19.1 Å². The third kappa shape index (κ3) is 2.01. The van der Waals surface area contributed by atoms with Crippen molar-refractivity contribution in [2.75, 3.05) is 0 Å². The summed E-state index contributed by atoms with van der Waals surface area (Å²) >= 11 is 0. The highest BCUT2D eigenvalue weighted by Crippen LogP contribution is 2.41. The van der Waals surface area contributed by atoms with E-state index in [4.69, 9.17) is 5.73 Å². The molecular weight excluding hydrogens is 256 g/mol. The summed E-state index contributed by atoms with van der Waals surface area (Å²) in [5, 5.41) is 0. The molecule has 19 heavy (non-hydrogen) atoms. The van der Waals surface area contributed by atoms with Gasteiger partial charge in [0.2, 0.25) is 0 Å². The molecule has 0 amide bonds. The summed E-state index contributed by atoms with van der Waals surface area (Å²) in [5.74, 6) is 0.00281. The number of nitrogens with two attached hydrogens (primary N) is 1. The number of hydrogen-bond donors (Lipinski definition) is 1. The van der Waals surface area contributed by atoms with Crippen LogP contribution < -0.4 is 15.2 Å². The maximum absolute atomic E-state index is 12.9. The largest absolute Gasteiger partial charge is 0.586 e. The number of halogens is 2. The molecule has 2 aromatic rings. The lowest BCUT2D eigenvalue weighted by Crippen LogP contribution is -2.25. The molecule has 1 aliphatic heterocycles. The zero-order chi connectivity index (χ0) is 13.6. The Morgan fingerprint density at radius 3 is 2.79 bits per heavy atom. The fourth-order valence-corrected chi connectivity index (χ4v) is 1.95. The lowest BCUT2D eigenvalue weighted by Gasteiger charge is -2.11. The molecule has 0 spiro atoms. The van der Waals surface area contributed by atoms with Crippen molar-refractivity contribution in [3.63, 3.8) is 0 Å². The fourth-order valence-electron chi connectivity index (χ4n) is 1.95. The van der Waals surface area contributed by atoms with Gasteiger partial charge in [-0.1, -0.05) is 0 Å². The minimum Gasteiger partial charge on any atom is -0.395 e. The van der Waals surface area contributed by atoms with E-state index >= 15 is 0 Å². The highest BCUT2D eigenvalue weighted by molar-refractivity contribution is 5.51. The quantitative estimate of drug-likeness (QED) is 0.906. The van der Waals surface area contributed by atoms with E-state index < -0.39 is 6.29 Å². The van der Waals surface area contributed by atoms with E-state index in [0.717, 1.165) is 5.69 Å². The van der Waals surface area contributed by atoms with E-state index in [1.807, 2.05) is 6.92 Å². The van der Waals surface area contributed by atoms with Crippen molar-refractivity contribution in [3.05, 3.63) is 36.4 Å². The summed E-state index contributed by atoms with van der Waals surface area (Å²) in [5.41, 5.74) is 7.21. The Hall–Kier alpha value is -2.15. The Balaban J connectivity index is 2.02. The molecule has 0 unspecified atom stereocenters. The van der Waals surface area contributed by atoms with Crippen molar-refractivity contribution in [2.45, 2.75) is 19.3 Å². The monoisotopic (exact) mass is 267 g/mol.